The molecule has 0 amide bonds. The number of rotatable bonds is 2. The fourth-order valence-corrected chi connectivity index (χ4v) is 2.70. The maximum Gasteiger partial charge on any atom is 0.337 e. The molecule has 1 aliphatic rings. The van der Waals surface area contributed by atoms with Crippen molar-refractivity contribution < 1.29 is 19.4 Å². The first-order chi connectivity index (χ1) is 10.2. The summed E-state index contributed by atoms with van der Waals surface area (Å²) in [6.45, 7) is 0. The van der Waals surface area contributed by atoms with E-state index in [-0.39, 0.29) is 11.9 Å². The number of carbonyl (C=O) groups excluding carboxylic acids is 1. The fraction of sp³-hybridized carbons (Fsp3) is 0.235. The summed E-state index contributed by atoms with van der Waals surface area (Å²) in [6.07, 6.45) is -0.381. The Labute approximate surface area is 122 Å². The van der Waals surface area contributed by atoms with Crippen LogP contribution in [0.2, 0.25) is 0 Å². The molecule has 0 saturated heterocycles. The van der Waals surface area contributed by atoms with Gasteiger partial charge in [-0.05, 0) is 23.8 Å². The normalized spacial score (nSPS) is 20.3. The van der Waals surface area contributed by atoms with Crippen molar-refractivity contribution in [2.24, 2.45) is 0 Å². The van der Waals surface area contributed by atoms with E-state index in [4.69, 9.17) is 9.47 Å². The second-order valence-corrected chi connectivity index (χ2v) is 5.02. The Bertz CT molecular complexity index is 651. The van der Waals surface area contributed by atoms with Crippen molar-refractivity contribution in [3.05, 3.63) is 65.2 Å². The van der Waals surface area contributed by atoms with Crippen molar-refractivity contribution in [1.82, 2.24) is 0 Å². The molecule has 4 nitrogen and oxygen atoms in total. The van der Waals surface area contributed by atoms with Crippen LogP contribution in [0.15, 0.2) is 48.5 Å². The van der Waals surface area contributed by atoms with Crippen molar-refractivity contribution >= 4 is 5.97 Å². The van der Waals surface area contributed by atoms with Gasteiger partial charge in [-0.15, -0.1) is 0 Å². The average molecular weight is 284 g/mol. The summed E-state index contributed by atoms with van der Waals surface area (Å²) in [4.78, 5) is 11.7. The van der Waals surface area contributed by atoms with E-state index < -0.39 is 6.29 Å². The first-order valence-electron chi connectivity index (χ1n) is 6.81. The van der Waals surface area contributed by atoms with Gasteiger partial charge >= 0.3 is 5.97 Å². The Hall–Kier alpha value is -2.33. The van der Waals surface area contributed by atoms with E-state index in [1.165, 1.54) is 7.11 Å². The van der Waals surface area contributed by atoms with Gasteiger partial charge in [0.25, 0.3) is 0 Å². The molecule has 2 aromatic carbocycles. The smallest absolute Gasteiger partial charge is 0.337 e. The Morgan fingerprint density at radius 3 is 2.71 bits per heavy atom. The minimum Gasteiger partial charge on any atom is -0.465 e. The highest BCUT2D eigenvalue weighted by Gasteiger charge is 2.29. The Balaban J connectivity index is 2.07. The molecule has 2 aromatic rings. The van der Waals surface area contributed by atoms with Crippen LogP contribution in [0.3, 0.4) is 0 Å². The minimum atomic E-state index is -0.841. The third-order valence-corrected chi connectivity index (χ3v) is 3.71. The second-order valence-electron chi connectivity index (χ2n) is 5.02. The Morgan fingerprint density at radius 2 is 2.00 bits per heavy atom. The molecular weight excluding hydrogens is 268 g/mol. The van der Waals surface area contributed by atoms with Crippen LogP contribution < -0.4 is 4.74 Å². The van der Waals surface area contributed by atoms with Gasteiger partial charge in [0.2, 0.25) is 0 Å². The van der Waals surface area contributed by atoms with E-state index in [9.17, 15) is 9.90 Å². The number of aliphatic hydroxyl groups is 1. The van der Waals surface area contributed by atoms with Gasteiger partial charge < -0.3 is 14.6 Å². The number of benzene rings is 2. The van der Waals surface area contributed by atoms with Crippen molar-refractivity contribution in [2.75, 3.05) is 7.11 Å². The molecule has 0 spiro atoms. The monoisotopic (exact) mass is 284 g/mol. The summed E-state index contributed by atoms with van der Waals surface area (Å²) >= 11 is 0. The summed E-state index contributed by atoms with van der Waals surface area (Å²) in [5.41, 5.74) is 2.47. The van der Waals surface area contributed by atoms with Gasteiger partial charge in [-0.25, -0.2) is 4.79 Å². The number of hydrogen-bond donors (Lipinski definition) is 1. The number of aliphatic hydroxyl groups excluding tert-OH is 1. The Morgan fingerprint density at radius 1 is 1.24 bits per heavy atom. The SMILES string of the molecule is COC(=O)c1ccc2c(c1)[C@@H](c1ccccc1)C[C@H](O)O2. The van der Waals surface area contributed by atoms with Gasteiger partial charge in [-0.1, -0.05) is 30.3 Å². The van der Waals surface area contributed by atoms with Gasteiger partial charge in [-0.3, -0.25) is 0 Å². The van der Waals surface area contributed by atoms with Crippen LogP contribution in [0.4, 0.5) is 0 Å². The molecule has 3 rings (SSSR count). The van der Waals surface area contributed by atoms with Crippen LogP contribution in [-0.4, -0.2) is 24.5 Å². The lowest BCUT2D eigenvalue weighted by atomic mass is 9.85. The molecular formula is C17H16O4. The minimum absolute atomic E-state index is 0.00504. The maximum atomic E-state index is 11.7. The third kappa shape index (κ3) is 2.62. The molecule has 0 aromatic heterocycles. The molecule has 0 aliphatic carbocycles. The van der Waals surface area contributed by atoms with Gasteiger partial charge in [0.15, 0.2) is 6.29 Å². The molecule has 2 atom stereocenters. The van der Waals surface area contributed by atoms with Gasteiger partial charge in [-0.2, -0.15) is 0 Å². The van der Waals surface area contributed by atoms with E-state index in [1.54, 1.807) is 18.2 Å². The fourth-order valence-electron chi connectivity index (χ4n) is 2.70. The van der Waals surface area contributed by atoms with E-state index in [0.29, 0.717) is 17.7 Å². The summed E-state index contributed by atoms with van der Waals surface area (Å²) in [5, 5.41) is 9.90. The molecule has 1 aliphatic heterocycles. The van der Waals surface area contributed by atoms with Crippen LogP contribution in [0.1, 0.15) is 33.8 Å². The number of ether oxygens (including phenoxy) is 2. The quantitative estimate of drug-likeness (QED) is 0.861. The van der Waals surface area contributed by atoms with E-state index in [0.717, 1.165) is 11.1 Å². The highest BCUT2D eigenvalue weighted by atomic mass is 16.6. The molecule has 108 valence electrons. The molecule has 0 unspecified atom stereocenters. The van der Waals surface area contributed by atoms with Crippen molar-refractivity contribution in [3.8, 4) is 5.75 Å². The zero-order valence-corrected chi connectivity index (χ0v) is 11.7. The zero-order valence-electron chi connectivity index (χ0n) is 11.7. The molecule has 1 N–H and O–H groups in total. The largest absolute Gasteiger partial charge is 0.465 e. The third-order valence-electron chi connectivity index (χ3n) is 3.71. The zero-order chi connectivity index (χ0) is 14.8. The maximum absolute atomic E-state index is 11.7. The van der Waals surface area contributed by atoms with Crippen LogP contribution in [-0.2, 0) is 4.74 Å². The molecule has 0 saturated carbocycles. The lowest BCUT2D eigenvalue weighted by Crippen LogP contribution is -2.26. The molecule has 4 heteroatoms. The summed E-state index contributed by atoms with van der Waals surface area (Å²) in [5.74, 6) is 0.223. The number of methoxy groups -OCH3 is 1. The highest BCUT2D eigenvalue weighted by molar-refractivity contribution is 5.89. The van der Waals surface area contributed by atoms with Crippen LogP contribution in [0.5, 0.6) is 5.75 Å². The van der Waals surface area contributed by atoms with Crippen molar-refractivity contribution in [1.29, 1.82) is 0 Å². The first kappa shape index (κ1) is 13.6. The summed E-state index contributed by atoms with van der Waals surface area (Å²) < 4.78 is 10.2. The van der Waals surface area contributed by atoms with E-state index in [1.807, 2.05) is 30.3 Å². The first-order valence-corrected chi connectivity index (χ1v) is 6.81. The van der Waals surface area contributed by atoms with E-state index in [2.05, 4.69) is 0 Å². The molecule has 0 bridgehead atoms. The Kier molecular flexibility index (Phi) is 3.62. The molecule has 1 heterocycles. The van der Waals surface area contributed by atoms with Gasteiger partial charge in [0, 0.05) is 17.9 Å². The summed E-state index contributed by atoms with van der Waals surface area (Å²) in [7, 11) is 1.36. The van der Waals surface area contributed by atoms with Gasteiger partial charge in [0.1, 0.15) is 5.75 Å². The summed E-state index contributed by atoms with van der Waals surface area (Å²) in [6, 6.07) is 15.0. The van der Waals surface area contributed by atoms with Crippen LogP contribution >= 0.6 is 0 Å². The predicted molar refractivity (Wildman–Crippen MR) is 77.3 cm³/mol. The number of carbonyl (C=O) groups is 1. The van der Waals surface area contributed by atoms with Crippen molar-refractivity contribution in [3.63, 3.8) is 0 Å². The number of fused-ring (bicyclic) bond motifs is 1. The lowest BCUT2D eigenvalue weighted by molar-refractivity contribution is -0.0359. The van der Waals surface area contributed by atoms with Crippen LogP contribution in [0.25, 0.3) is 0 Å². The van der Waals surface area contributed by atoms with E-state index >= 15 is 0 Å². The lowest BCUT2D eigenvalue weighted by Gasteiger charge is -2.30. The number of hydrogen-bond acceptors (Lipinski definition) is 4. The average Bonchev–Trinajstić information content (AvgIpc) is 2.53. The number of esters is 1. The molecule has 21 heavy (non-hydrogen) atoms. The second kappa shape index (κ2) is 5.58. The molecule has 0 fully saturated rings. The molecule has 0 radical (unpaired) electrons. The van der Waals surface area contributed by atoms with Gasteiger partial charge in [0.05, 0.1) is 12.7 Å². The highest BCUT2D eigenvalue weighted by Crippen LogP contribution is 2.40. The predicted octanol–water partition coefficient (Wildman–Crippen LogP) is 2.71. The van der Waals surface area contributed by atoms with Crippen LogP contribution in [0, 0.1) is 0 Å². The van der Waals surface area contributed by atoms with Crippen molar-refractivity contribution in [2.45, 2.75) is 18.6 Å². The topological polar surface area (TPSA) is 55.8 Å². The standard InChI is InChI=1S/C17H16O4/c1-20-17(19)12-7-8-15-14(9-12)13(10-16(18)21-15)11-5-3-2-4-6-11/h2-9,13,16,18H,10H2,1H3/t13-,16-/m1/s1.